The Morgan fingerprint density at radius 2 is 1.80 bits per heavy atom. The molecular formula is C15H17BrN4O4S. The standard InChI is InChI=1S/C8H9BrN4O.C7H8O3S/c9-7-4-2-1-3-6(7)5-11-12-8(10)13-14;1-6-2-4-7(5-3-6)11(8,9)10/h1-5,14H,(H3,10,12,13);2-5H,1H3,(H,8,9,10). The lowest BCUT2D eigenvalue weighted by Gasteiger charge is -1.95. The van der Waals surface area contributed by atoms with Crippen LogP contribution in [0.15, 0.2) is 68.1 Å². The van der Waals surface area contributed by atoms with E-state index in [1.807, 2.05) is 31.2 Å². The molecule has 134 valence electrons. The predicted octanol–water partition coefficient (Wildman–Crippen LogP) is 2.32. The average Bonchev–Trinajstić information content (AvgIpc) is 2.56. The van der Waals surface area contributed by atoms with Gasteiger partial charge < -0.3 is 5.73 Å². The molecule has 0 amide bonds. The molecule has 8 nitrogen and oxygen atoms in total. The van der Waals surface area contributed by atoms with Crippen molar-refractivity contribution in [1.82, 2.24) is 5.48 Å². The van der Waals surface area contributed by atoms with E-state index in [1.54, 1.807) is 17.6 Å². The number of nitrogens with one attached hydrogen (secondary N) is 1. The van der Waals surface area contributed by atoms with Crippen molar-refractivity contribution in [2.45, 2.75) is 11.8 Å². The highest BCUT2D eigenvalue weighted by molar-refractivity contribution is 9.10. The minimum Gasteiger partial charge on any atom is -0.367 e. The molecule has 0 radical (unpaired) electrons. The van der Waals surface area contributed by atoms with Crippen molar-refractivity contribution >= 4 is 38.2 Å². The minimum absolute atomic E-state index is 0.0666. The van der Waals surface area contributed by atoms with Crippen molar-refractivity contribution in [2.24, 2.45) is 15.9 Å². The van der Waals surface area contributed by atoms with Crippen LogP contribution in [0.1, 0.15) is 11.1 Å². The van der Waals surface area contributed by atoms with E-state index >= 15 is 0 Å². The maximum Gasteiger partial charge on any atom is 0.294 e. The molecule has 0 aliphatic rings. The van der Waals surface area contributed by atoms with Crippen molar-refractivity contribution in [3.63, 3.8) is 0 Å². The minimum atomic E-state index is -4.02. The largest absolute Gasteiger partial charge is 0.367 e. The summed E-state index contributed by atoms with van der Waals surface area (Å²) < 4.78 is 30.5. The highest BCUT2D eigenvalue weighted by Crippen LogP contribution is 2.13. The normalized spacial score (nSPS) is 11.8. The van der Waals surface area contributed by atoms with E-state index in [0.717, 1.165) is 15.6 Å². The van der Waals surface area contributed by atoms with Crippen LogP contribution in [0.4, 0.5) is 0 Å². The van der Waals surface area contributed by atoms with Crippen molar-refractivity contribution in [3.05, 3.63) is 64.1 Å². The number of nitrogens with zero attached hydrogens (tertiary/aromatic N) is 2. The fourth-order valence-corrected chi connectivity index (χ4v) is 2.33. The van der Waals surface area contributed by atoms with E-state index in [2.05, 4.69) is 26.1 Å². The maximum atomic E-state index is 10.5. The van der Waals surface area contributed by atoms with Gasteiger partial charge in [0, 0.05) is 10.0 Å². The van der Waals surface area contributed by atoms with E-state index in [1.165, 1.54) is 18.3 Å². The summed E-state index contributed by atoms with van der Waals surface area (Å²) in [6, 6.07) is 13.5. The van der Waals surface area contributed by atoms with Gasteiger partial charge in [0.25, 0.3) is 10.1 Å². The van der Waals surface area contributed by atoms with Gasteiger partial charge in [0.1, 0.15) is 0 Å². The predicted molar refractivity (Wildman–Crippen MR) is 99.3 cm³/mol. The van der Waals surface area contributed by atoms with Crippen LogP contribution >= 0.6 is 15.9 Å². The van der Waals surface area contributed by atoms with Crippen LogP contribution in [0.2, 0.25) is 0 Å². The summed E-state index contributed by atoms with van der Waals surface area (Å²) in [5.74, 6) is -0.159. The number of halogens is 1. The number of aryl methyl sites for hydroxylation is 1. The Labute approximate surface area is 153 Å². The molecule has 0 atom stereocenters. The lowest BCUT2D eigenvalue weighted by Crippen LogP contribution is -2.27. The molecular weight excluding hydrogens is 412 g/mol. The zero-order valence-corrected chi connectivity index (χ0v) is 15.6. The molecule has 0 saturated carbocycles. The molecule has 2 rings (SSSR count). The first kappa shape index (κ1) is 20.8. The van der Waals surface area contributed by atoms with Gasteiger partial charge in [-0.25, -0.2) is 5.48 Å². The fraction of sp³-hybridized carbons (Fsp3) is 0.0667. The van der Waals surface area contributed by atoms with Crippen molar-refractivity contribution < 1.29 is 18.2 Å². The molecule has 5 N–H and O–H groups in total. The zero-order valence-electron chi connectivity index (χ0n) is 13.2. The van der Waals surface area contributed by atoms with Gasteiger partial charge in [-0.15, -0.1) is 5.10 Å². The molecule has 0 saturated heterocycles. The molecule has 0 aliphatic carbocycles. The summed E-state index contributed by atoms with van der Waals surface area (Å²) in [6.07, 6.45) is 1.52. The summed E-state index contributed by atoms with van der Waals surface area (Å²) in [4.78, 5) is -0.0666. The Hall–Kier alpha value is -2.27. The number of hydrogen-bond acceptors (Lipinski definition) is 5. The smallest absolute Gasteiger partial charge is 0.294 e. The van der Waals surface area contributed by atoms with Crippen LogP contribution in [0.3, 0.4) is 0 Å². The Morgan fingerprint density at radius 1 is 1.20 bits per heavy atom. The van der Waals surface area contributed by atoms with Gasteiger partial charge in [-0.2, -0.15) is 13.5 Å². The molecule has 0 unspecified atom stereocenters. The topological polar surface area (TPSA) is 137 Å². The van der Waals surface area contributed by atoms with E-state index in [-0.39, 0.29) is 10.9 Å². The van der Waals surface area contributed by atoms with Crippen molar-refractivity contribution in [2.75, 3.05) is 0 Å². The van der Waals surface area contributed by atoms with Gasteiger partial charge in [0.05, 0.1) is 11.1 Å². The number of benzene rings is 2. The second-order valence-electron chi connectivity index (χ2n) is 4.65. The van der Waals surface area contributed by atoms with Crippen molar-refractivity contribution in [1.29, 1.82) is 0 Å². The second kappa shape index (κ2) is 9.89. The summed E-state index contributed by atoms with van der Waals surface area (Å²) >= 11 is 3.34. The monoisotopic (exact) mass is 428 g/mol. The second-order valence-corrected chi connectivity index (χ2v) is 6.93. The van der Waals surface area contributed by atoms with Crippen LogP contribution in [0, 0.1) is 6.92 Å². The average molecular weight is 429 g/mol. The number of hydrogen-bond donors (Lipinski definition) is 4. The van der Waals surface area contributed by atoms with E-state index in [9.17, 15) is 8.42 Å². The van der Waals surface area contributed by atoms with Gasteiger partial charge in [-0.05, 0) is 25.1 Å². The molecule has 0 fully saturated rings. The Bertz CT molecular complexity index is 852. The van der Waals surface area contributed by atoms with E-state index in [4.69, 9.17) is 15.5 Å². The summed E-state index contributed by atoms with van der Waals surface area (Å²) in [7, 11) is -4.02. The summed E-state index contributed by atoms with van der Waals surface area (Å²) in [5.41, 5.74) is 8.64. The SMILES string of the molecule is Cc1ccc(S(=O)(=O)O)cc1.NC(=NN=Cc1ccccc1Br)NO. The van der Waals surface area contributed by atoms with Gasteiger partial charge >= 0.3 is 0 Å². The zero-order chi connectivity index (χ0) is 18.9. The molecule has 10 heteroatoms. The molecule has 0 spiro atoms. The van der Waals surface area contributed by atoms with Crippen LogP contribution in [-0.4, -0.2) is 30.4 Å². The Kier molecular flexibility index (Phi) is 8.22. The molecule has 2 aromatic carbocycles. The van der Waals surface area contributed by atoms with Crippen LogP contribution in [-0.2, 0) is 10.1 Å². The molecule has 0 bridgehead atoms. The number of rotatable bonds is 3. The lowest BCUT2D eigenvalue weighted by atomic mass is 10.2. The number of guanidine groups is 1. The highest BCUT2D eigenvalue weighted by atomic mass is 79.9. The number of nitrogens with two attached hydrogens (primary N) is 1. The van der Waals surface area contributed by atoms with E-state index in [0.29, 0.717) is 0 Å². The third-order valence-corrected chi connectivity index (χ3v) is 4.29. The molecule has 0 aromatic heterocycles. The quantitative estimate of drug-likeness (QED) is 0.256. The van der Waals surface area contributed by atoms with Crippen LogP contribution in [0.25, 0.3) is 0 Å². The Balaban J connectivity index is 0.000000257. The fourth-order valence-electron chi connectivity index (χ4n) is 1.47. The van der Waals surface area contributed by atoms with Gasteiger partial charge in [-0.3, -0.25) is 9.76 Å². The maximum absolute atomic E-state index is 10.5. The first-order valence-corrected chi connectivity index (χ1v) is 9.02. The highest BCUT2D eigenvalue weighted by Gasteiger charge is 2.06. The third-order valence-electron chi connectivity index (χ3n) is 2.70. The van der Waals surface area contributed by atoms with E-state index < -0.39 is 10.1 Å². The molecule has 0 heterocycles. The van der Waals surface area contributed by atoms with Gasteiger partial charge in [0.15, 0.2) is 0 Å². The van der Waals surface area contributed by atoms with Gasteiger partial charge in [-0.1, -0.05) is 51.8 Å². The summed E-state index contributed by atoms with van der Waals surface area (Å²) in [6.45, 7) is 1.84. The molecule has 2 aromatic rings. The Morgan fingerprint density at radius 3 is 2.32 bits per heavy atom. The molecule has 0 aliphatic heterocycles. The first-order chi connectivity index (χ1) is 11.7. The van der Waals surface area contributed by atoms with Crippen LogP contribution in [0.5, 0.6) is 0 Å². The summed E-state index contributed by atoms with van der Waals surface area (Å²) in [5, 5.41) is 15.4. The third kappa shape index (κ3) is 7.90. The van der Waals surface area contributed by atoms with Crippen LogP contribution < -0.4 is 11.2 Å². The van der Waals surface area contributed by atoms with Gasteiger partial charge in [0.2, 0.25) is 5.96 Å². The number of hydroxylamine groups is 1. The molecule has 25 heavy (non-hydrogen) atoms. The first-order valence-electron chi connectivity index (χ1n) is 6.79. The van der Waals surface area contributed by atoms with Crippen molar-refractivity contribution in [3.8, 4) is 0 Å². The lowest BCUT2D eigenvalue weighted by molar-refractivity contribution is 0.232.